The van der Waals surface area contributed by atoms with E-state index in [0.29, 0.717) is 21.4 Å². The number of rotatable bonds is 5. The van der Waals surface area contributed by atoms with Crippen molar-refractivity contribution < 1.29 is 9.72 Å². The van der Waals surface area contributed by atoms with Gasteiger partial charge in [0.2, 0.25) is 0 Å². The van der Waals surface area contributed by atoms with Crippen LogP contribution in [-0.2, 0) is 0 Å². The van der Waals surface area contributed by atoms with Crippen LogP contribution in [0.1, 0.15) is 15.9 Å². The highest BCUT2D eigenvalue weighted by atomic mass is 35.5. The van der Waals surface area contributed by atoms with E-state index >= 15 is 0 Å². The van der Waals surface area contributed by atoms with Crippen molar-refractivity contribution in [2.75, 3.05) is 5.32 Å². The van der Waals surface area contributed by atoms with Crippen molar-refractivity contribution in [3.8, 4) is 21.7 Å². The predicted octanol–water partition coefficient (Wildman–Crippen LogP) is 6.60. The minimum Gasteiger partial charge on any atom is -0.298 e. The summed E-state index contributed by atoms with van der Waals surface area (Å²) in [7, 11) is 0. The van der Waals surface area contributed by atoms with E-state index < -0.39 is 4.92 Å². The average molecular weight is 450 g/mol. The number of nitrogens with zero attached hydrogens (tertiary/aromatic N) is 2. The third-order valence-electron chi connectivity index (χ3n) is 4.62. The van der Waals surface area contributed by atoms with Crippen LogP contribution in [0.4, 0.5) is 10.8 Å². The average Bonchev–Trinajstić information content (AvgIpc) is 3.18. The monoisotopic (exact) mass is 449 g/mol. The minimum absolute atomic E-state index is 0.00852. The molecule has 6 nitrogen and oxygen atoms in total. The predicted molar refractivity (Wildman–Crippen MR) is 124 cm³/mol. The minimum atomic E-state index is -0.441. The van der Waals surface area contributed by atoms with Crippen LogP contribution >= 0.6 is 22.9 Å². The van der Waals surface area contributed by atoms with Gasteiger partial charge in [0.25, 0.3) is 11.6 Å². The summed E-state index contributed by atoms with van der Waals surface area (Å²) in [4.78, 5) is 28.6. The molecule has 0 radical (unpaired) electrons. The molecule has 4 aromatic rings. The molecule has 31 heavy (non-hydrogen) atoms. The van der Waals surface area contributed by atoms with Crippen LogP contribution in [0.3, 0.4) is 0 Å². The second-order valence-electron chi connectivity index (χ2n) is 6.83. The first-order chi connectivity index (χ1) is 14.9. The quantitative estimate of drug-likeness (QED) is 0.274. The fraction of sp³-hybridized carbons (Fsp3) is 0.0435. The summed E-state index contributed by atoms with van der Waals surface area (Å²) in [5, 5.41) is 14.9. The van der Waals surface area contributed by atoms with Gasteiger partial charge in [-0.25, -0.2) is 4.98 Å². The van der Waals surface area contributed by atoms with E-state index in [4.69, 9.17) is 11.6 Å². The number of benzene rings is 3. The summed E-state index contributed by atoms with van der Waals surface area (Å²) in [5.41, 5.74) is 3.86. The summed E-state index contributed by atoms with van der Waals surface area (Å²) < 4.78 is 0. The Morgan fingerprint density at radius 1 is 0.968 bits per heavy atom. The van der Waals surface area contributed by atoms with Crippen molar-refractivity contribution in [3.05, 3.63) is 99.1 Å². The largest absolute Gasteiger partial charge is 0.298 e. The number of aromatic nitrogens is 1. The molecule has 1 heterocycles. The third kappa shape index (κ3) is 4.63. The van der Waals surface area contributed by atoms with Crippen molar-refractivity contribution in [2.45, 2.75) is 6.92 Å². The first-order valence-corrected chi connectivity index (χ1v) is 10.5. The van der Waals surface area contributed by atoms with Crippen LogP contribution in [0, 0.1) is 17.0 Å². The van der Waals surface area contributed by atoms with E-state index in [0.717, 1.165) is 21.6 Å². The van der Waals surface area contributed by atoms with E-state index in [1.165, 1.54) is 23.5 Å². The van der Waals surface area contributed by atoms with Crippen molar-refractivity contribution in [1.29, 1.82) is 0 Å². The Hall–Kier alpha value is -3.55. The molecule has 0 aliphatic carbocycles. The second kappa shape index (κ2) is 8.67. The van der Waals surface area contributed by atoms with Crippen molar-refractivity contribution in [2.24, 2.45) is 0 Å². The molecule has 0 atom stereocenters. The van der Waals surface area contributed by atoms with Crippen LogP contribution in [-0.4, -0.2) is 15.8 Å². The lowest BCUT2D eigenvalue weighted by Gasteiger charge is -2.03. The number of carbonyl (C=O) groups is 1. The maximum absolute atomic E-state index is 12.6. The summed E-state index contributed by atoms with van der Waals surface area (Å²) in [6.45, 7) is 1.96. The van der Waals surface area contributed by atoms with Gasteiger partial charge in [-0.1, -0.05) is 52.8 Å². The molecule has 1 amide bonds. The molecule has 1 N–H and O–H groups in total. The maximum atomic E-state index is 12.6. The first kappa shape index (κ1) is 20.7. The highest BCUT2D eigenvalue weighted by Gasteiger charge is 2.18. The number of hydrogen-bond acceptors (Lipinski definition) is 5. The fourth-order valence-electron chi connectivity index (χ4n) is 2.98. The molecule has 0 bridgehead atoms. The summed E-state index contributed by atoms with van der Waals surface area (Å²) in [5.74, 6) is -0.258. The van der Waals surface area contributed by atoms with E-state index in [2.05, 4.69) is 10.3 Å². The zero-order chi connectivity index (χ0) is 22.0. The Balaban J connectivity index is 1.72. The van der Waals surface area contributed by atoms with Crippen LogP contribution in [0.5, 0.6) is 0 Å². The van der Waals surface area contributed by atoms with E-state index in [-0.39, 0.29) is 11.6 Å². The molecule has 1 aromatic heterocycles. The van der Waals surface area contributed by atoms with Gasteiger partial charge in [0.1, 0.15) is 0 Å². The van der Waals surface area contributed by atoms with Crippen molar-refractivity contribution >= 4 is 39.7 Å². The summed E-state index contributed by atoms with van der Waals surface area (Å²) >= 11 is 7.32. The molecule has 0 fully saturated rings. The molecule has 8 heteroatoms. The standard InChI is InChI=1S/C23H16ClN3O3S/c1-14-2-4-17(5-3-14)22(28)26-23-25-20(15-6-10-18(24)11-7-15)21(31-23)16-8-12-19(13-9-16)27(29)30/h2-13H,1H3,(H,25,26,28). The van der Waals surface area contributed by atoms with Gasteiger partial charge in [-0.3, -0.25) is 20.2 Å². The molecule has 0 saturated heterocycles. The topological polar surface area (TPSA) is 85.1 Å². The number of hydrogen-bond donors (Lipinski definition) is 1. The maximum Gasteiger partial charge on any atom is 0.269 e. The molecule has 0 aliphatic rings. The summed E-state index contributed by atoms with van der Waals surface area (Å²) in [6, 6.07) is 20.7. The Morgan fingerprint density at radius 2 is 1.58 bits per heavy atom. The third-order valence-corrected chi connectivity index (χ3v) is 5.89. The number of nitro groups is 1. The second-order valence-corrected chi connectivity index (χ2v) is 8.26. The lowest BCUT2D eigenvalue weighted by Crippen LogP contribution is -2.11. The Labute approximate surface area is 187 Å². The lowest BCUT2D eigenvalue weighted by atomic mass is 10.1. The zero-order valence-electron chi connectivity index (χ0n) is 16.3. The number of halogens is 1. The normalized spacial score (nSPS) is 10.6. The van der Waals surface area contributed by atoms with Crippen LogP contribution in [0.25, 0.3) is 21.7 Å². The van der Waals surface area contributed by atoms with Gasteiger partial charge in [0, 0.05) is 28.3 Å². The number of carbonyl (C=O) groups excluding carboxylic acids is 1. The van der Waals surface area contributed by atoms with E-state index in [1.54, 1.807) is 36.4 Å². The zero-order valence-corrected chi connectivity index (χ0v) is 17.9. The van der Waals surface area contributed by atoms with Crippen molar-refractivity contribution in [1.82, 2.24) is 4.98 Å². The van der Waals surface area contributed by atoms with Gasteiger partial charge in [-0.05, 0) is 48.9 Å². The molecule has 0 aliphatic heterocycles. The Bertz CT molecular complexity index is 1250. The number of amides is 1. The molecule has 154 valence electrons. The van der Waals surface area contributed by atoms with E-state index in [9.17, 15) is 14.9 Å². The first-order valence-electron chi connectivity index (χ1n) is 9.30. The van der Waals surface area contributed by atoms with Crippen LogP contribution < -0.4 is 5.32 Å². The molecule has 3 aromatic carbocycles. The van der Waals surface area contributed by atoms with E-state index in [1.807, 2.05) is 31.2 Å². The molecular formula is C23H16ClN3O3S. The van der Waals surface area contributed by atoms with Gasteiger partial charge in [0.05, 0.1) is 15.5 Å². The highest BCUT2D eigenvalue weighted by Crippen LogP contribution is 2.40. The summed E-state index contributed by atoms with van der Waals surface area (Å²) in [6.07, 6.45) is 0. The number of thiazole rings is 1. The SMILES string of the molecule is Cc1ccc(C(=O)Nc2nc(-c3ccc(Cl)cc3)c(-c3ccc([N+](=O)[O-])cc3)s2)cc1. The number of aryl methyl sites for hydroxylation is 1. The van der Waals surface area contributed by atoms with Gasteiger partial charge >= 0.3 is 0 Å². The smallest absolute Gasteiger partial charge is 0.269 e. The Kier molecular flexibility index (Phi) is 5.79. The molecular weight excluding hydrogens is 434 g/mol. The van der Waals surface area contributed by atoms with Crippen LogP contribution in [0.2, 0.25) is 5.02 Å². The number of nitro benzene ring substituents is 1. The van der Waals surface area contributed by atoms with Gasteiger partial charge in [-0.2, -0.15) is 0 Å². The fourth-order valence-corrected chi connectivity index (χ4v) is 4.10. The van der Waals surface area contributed by atoms with Crippen molar-refractivity contribution in [3.63, 3.8) is 0 Å². The molecule has 4 rings (SSSR count). The molecule has 0 spiro atoms. The Morgan fingerprint density at radius 3 is 2.19 bits per heavy atom. The number of anilines is 1. The molecule has 0 saturated carbocycles. The van der Waals surface area contributed by atoms with Gasteiger partial charge < -0.3 is 0 Å². The molecule has 0 unspecified atom stereocenters. The van der Waals surface area contributed by atoms with Crippen LogP contribution in [0.15, 0.2) is 72.8 Å². The highest BCUT2D eigenvalue weighted by molar-refractivity contribution is 7.19. The van der Waals surface area contributed by atoms with Gasteiger partial charge in [0.15, 0.2) is 5.13 Å². The van der Waals surface area contributed by atoms with Gasteiger partial charge in [-0.15, -0.1) is 0 Å². The number of nitrogens with one attached hydrogen (secondary N) is 1. The number of non-ortho nitro benzene ring substituents is 1. The lowest BCUT2D eigenvalue weighted by molar-refractivity contribution is -0.384.